The molecule has 0 aliphatic heterocycles. The average Bonchev–Trinajstić information content (AvgIpc) is 3.59. The molecule has 0 N–H and O–H groups in total. The lowest BCUT2D eigenvalue weighted by Crippen LogP contribution is -2.35. The van der Waals surface area contributed by atoms with Crippen LogP contribution < -0.4 is 4.74 Å². The van der Waals surface area contributed by atoms with Crippen molar-refractivity contribution in [2.45, 2.75) is 50.9 Å². The molecule has 0 unspecified atom stereocenters. The Hall–Kier alpha value is -2.44. The van der Waals surface area contributed by atoms with E-state index in [2.05, 4.69) is 29.2 Å². The van der Waals surface area contributed by atoms with Gasteiger partial charge in [-0.05, 0) is 79.7 Å². The van der Waals surface area contributed by atoms with Crippen LogP contribution in [0.2, 0.25) is 0 Å². The molecule has 0 bridgehead atoms. The fourth-order valence-corrected chi connectivity index (χ4v) is 4.86. The number of nitrogens with zero attached hydrogens (tertiary/aromatic N) is 4. The first kappa shape index (κ1) is 19.5. The molecule has 2 aromatic carbocycles. The van der Waals surface area contributed by atoms with Crippen LogP contribution in [0, 0.1) is 4.77 Å². The number of methoxy groups -OCH3 is 1. The normalized spacial score (nSPS) is 18.4. The van der Waals surface area contributed by atoms with Gasteiger partial charge in [-0.25, -0.2) is 4.68 Å². The molecule has 1 fully saturated rings. The predicted molar refractivity (Wildman–Crippen MR) is 121 cm³/mol. The van der Waals surface area contributed by atoms with Crippen molar-refractivity contribution in [2.75, 3.05) is 7.11 Å². The zero-order valence-electron chi connectivity index (χ0n) is 17.6. The minimum atomic E-state index is 0.454. The second kappa shape index (κ2) is 8.00. The number of rotatable bonds is 6. The summed E-state index contributed by atoms with van der Waals surface area (Å²) in [5.74, 6) is 1.73. The molecule has 6 heteroatoms. The van der Waals surface area contributed by atoms with E-state index in [-0.39, 0.29) is 0 Å². The van der Waals surface area contributed by atoms with Crippen LogP contribution in [0.3, 0.4) is 0 Å². The molecule has 2 aliphatic carbocycles. The molecule has 1 saturated carbocycles. The van der Waals surface area contributed by atoms with E-state index in [4.69, 9.17) is 22.1 Å². The summed E-state index contributed by atoms with van der Waals surface area (Å²) in [7, 11) is 3.68. The minimum Gasteiger partial charge on any atom is -0.497 e. The average molecular weight is 421 g/mol. The molecule has 1 heterocycles. The van der Waals surface area contributed by atoms with Gasteiger partial charge in [0.05, 0.1) is 13.8 Å². The molecular weight excluding hydrogens is 392 g/mol. The standard InChI is InChI=1S/C24H28N4OS/c1-26-23(18-10-14-20(29-2)15-11-18)25-28(24(26)30)16-27(19-12-13-19)22-9-5-7-17-6-3-4-8-21(17)22/h3-4,6,8,10-11,14-15,19,22H,5,7,9,12-13,16H2,1-2H3/t22-/m1/s1. The van der Waals surface area contributed by atoms with Crippen LogP contribution in [0.25, 0.3) is 11.4 Å². The third kappa shape index (κ3) is 3.59. The predicted octanol–water partition coefficient (Wildman–Crippen LogP) is 5.13. The van der Waals surface area contributed by atoms with Gasteiger partial charge in [-0.3, -0.25) is 4.90 Å². The van der Waals surface area contributed by atoms with Gasteiger partial charge in [-0.1, -0.05) is 24.3 Å². The molecule has 0 saturated heterocycles. The first-order chi connectivity index (χ1) is 14.7. The van der Waals surface area contributed by atoms with Crippen molar-refractivity contribution in [3.63, 3.8) is 0 Å². The first-order valence-corrected chi connectivity index (χ1v) is 11.2. The fraction of sp³-hybridized carbons (Fsp3) is 0.417. The molecule has 0 amide bonds. The summed E-state index contributed by atoms with van der Waals surface area (Å²) in [4.78, 5) is 2.64. The van der Waals surface area contributed by atoms with Gasteiger partial charge in [0.2, 0.25) is 0 Å². The molecule has 1 aromatic heterocycles. The number of benzene rings is 2. The zero-order valence-corrected chi connectivity index (χ0v) is 18.4. The lowest BCUT2D eigenvalue weighted by Gasteiger charge is -2.36. The number of aryl methyl sites for hydroxylation is 1. The van der Waals surface area contributed by atoms with Crippen LogP contribution in [-0.4, -0.2) is 32.4 Å². The van der Waals surface area contributed by atoms with Crippen molar-refractivity contribution in [2.24, 2.45) is 7.05 Å². The summed E-state index contributed by atoms with van der Waals surface area (Å²) in [5, 5.41) is 4.93. The topological polar surface area (TPSA) is 35.2 Å². The maximum atomic E-state index is 5.78. The van der Waals surface area contributed by atoms with Crippen LogP contribution in [0.1, 0.15) is 42.9 Å². The Bertz CT molecular complexity index is 1100. The van der Waals surface area contributed by atoms with Gasteiger partial charge in [0, 0.05) is 24.7 Å². The molecule has 0 spiro atoms. The Labute approximate surface area is 182 Å². The number of fused-ring (bicyclic) bond motifs is 1. The Morgan fingerprint density at radius 2 is 1.87 bits per heavy atom. The fourth-order valence-electron chi connectivity index (χ4n) is 4.67. The Balaban J connectivity index is 1.46. The van der Waals surface area contributed by atoms with E-state index in [1.807, 2.05) is 40.6 Å². The van der Waals surface area contributed by atoms with Gasteiger partial charge in [0.25, 0.3) is 0 Å². The second-order valence-electron chi connectivity index (χ2n) is 8.39. The third-order valence-corrected chi connectivity index (χ3v) is 6.92. The van der Waals surface area contributed by atoms with Crippen LogP contribution in [0.15, 0.2) is 48.5 Å². The smallest absolute Gasteiger partial charge is 0.199 e. The molecule has 156 valence electrons. The maximum Gasteiger partial charge on any atom is 0.199 e. The van der Waals surface area contributed by atoms with E-state index >= 15 is 0 Å². The summed E-state index contributed by atoms with van der Waals surface area (Å²) in [5.41, 5.74) is 4.04. The minimum absolute atomic E-state index is 0.454. The van der Waals surface area contributed by atoms with E-state index in [0.29, 0.717) is 12.1 Å². The van der Waals surface area contributed by atoms with E-state index < -0.39 is 0 Å². The number of aromatic nitrogens is 3. The highest BCUT2D eigenvalue weighted by atomic mass is 32.1. The first-order valence-electron chi connectivity index (χ1n) is 10.8. The van der Waals surface area contributed by atoms with Gasteiger partial charge < -0.3 is 9.30 Å². The largest absolute Gasteiger partial charge is 0.497 e. The molecule has 5 rings (SSSR count). The van der Waals surface area contributed by atoms with Crippen LogP contribution in [-0.2, 0) is 20.1 Å². The molecule has 1 atom stereocenters. The van der Waals surface area contributed by atoms with Crippen molar-refractivity contribution >= 4 is 12.2 Å². The van der Waals surface area contributed by atoms with Gasteiger partial charge in [-0.15, -0.1) is 0 Å². The Kier molecular flexibility index (Phi) is 5.21. The van der Waals surface area contributed by atoms with Crippen molar-refractivity contribution in [3.05, 3.63) is 64.4 Å². The van der Waals surface area contributed by atoms with Gasteiger partial charge in [-0.2, -0.15) is 5.10 Å². The third-order valence-electron chi connectivity index (χ3n) is 6.44. The van der Waals surface area contributed by atoms with Crippen molar-refractivity contribution in [1.29, 1.82) is 0 Å². The Morgan fingerprint density at radius 3 is 2.60 bits per heavy atom. The SMILES string of the molecule is COc1ccc(-c2nn(CN(C3CC3)[C@@H]3CCCc4ccccc43)c(=S)n2C)cc1. The number of hydrogen-bond donors (Lipinski definition) is 0. The zero-order chi connectivity index (χ0) is 20.7. The molecule has 2 aliphatic rings. The quantitative estimate of drug-likeness (QED) is 0.518. The van der Waals surface area contributed by atoms with E-state index in [1.54, 1.807) is 7.11 Å². The van der Waals surface area contributed by atoms with Crippen LogP contribution >= 0.6 is 12.2 Å². The summed E-state index contributed by atoms with van der Waals surface area (Å²) < 4.78 is 10.1. The van der Waals surface area contributed by atoms with Gasteiger partial charge in [0.15, 0.2) is 10.6 Å². The summed E-state index contributed by atoms with van der Waals surface area (Å²) in [6.07, 6.45) is 6.18. The van der Waals surface area contributed by atoms with E-state index in [9.17, 15) is 0 Å². The van der Waals surface area contributed by atoms with Crippen LogP contribution in [0.5, 0.6) is 5.75 Å². The molecule has 30 heavy (non-hydrogen) atoms. The molecule has 0 radical (unpaired) electrons. The van der Waals surface area contributed by atoms with Crippen molar-refractivity contribution < 1.29 is 4.74 Å². The summed E-state index contributed by atoms with van der Waals surface area (Å²) in [6.45, 7) is 0.743. The van der Waals surface area contributed by atoms with Crippen LogP contribution in [0.4, 0.5) is 0 Å². The molecular formula is C24H28N4OS. The highest BCUT2D eigenvalue weighted by Gasteiger charge is 2.37. The molecule has 3 aromatic rings. The number of hydrogen-bond acceptors (Lipinski definition) is 4. The maximum absolute atomic E-state index is 5.78. The van der Waals surface area contributed by atoms with Crippen molar-refractivity contribution in [3.8, 4) is 17.1 Å². The summed E-state index contributed by atoms with van der Waals surface area (Å²) >= 11 is 5.78. The number of ether oxygens (including phenoxy) is 1. The lowest BCUT2D eigenvalue weighted by atomic mass is 9.87. The van der Waals surface area contributed by atoms with E-state index in [1.165, 1.54) is 43.2 Å². The summed E-state index contributed by atoms with van der Waals surface area (Å²) in [6, 6.07) is 18.0. The Morgan fingerprint density at radius 1 is 1.10 bits per heavy atom. The highest BCUT2D eigenvalue weighted by Crippen LogP contribution is 2.41. The second-order valence-corrected chi connectivity index (χ2v) is 8.75. The van der Waals surface area contributed by atoms with Gasteiger partial charge >= 0.3 is 0 Å². The van der Waals surface area contributed by atoms with Crippen molar-refractivity contribution in [1.82, 2.24) is 19.2 Å². The van der Waals surface area contributed by atoms with Gasteiger partial charge in [0.1, 0.15) is 5.75 Å². The lowest BCUT2D eigenvalue weighted by molar-refractivity contribution is 0.118. The molecule has 5 nitrogen and oxygen atoms in total. The highest BCUT2D eigenvalue weighted by molar-refractivity contribution is 7.71. The van der Waals surface area contributed by atoms with E-state index in [0.717, 1.165) is 28.6 Å². The monoisotopic (exact) mass is 420 g/mol.